The molecular weight excluding hydrogens is 585 g/mol. The van der Waals surface area contributed by atoms with Gasteiger partial charge in [0.1, 0.15) is 0 Å². The Hall–Kier alpha value is -1.98. The normalized spacial score (nSPS) is 14.5. The Labute approximate surface area is 225 Å². The van der Waals surface area contributed by atoms with Gasteiger partial charge in [-0.3, -0.25) is 4.79 Å². The lowest BCUT2D eigenvalue weighted by atomic mass is 10.2. The second kappa shape index (κ2) is 12.1. The van der Waals surface area contributed by atoms with Crippen molar-refractivity contribution in [3.05, 3.63) is 55.3 Å². The Kier molecular flexibility index (Phi) is 9.49. The lowest BCUT2D eigenvalue weighted by molar-refractivity contribution is -0.123. The van der Waals surface area contributed by atoms with E-state index in [1.807, 2.05) is 19.9 Å². The van der Waals surface area contributed by atoms with E-state index in [2.05, 4.69) is 26.7 Å². The maximum absolute atomic E-state index is 12.9. The summed E-state index contributed by atoms with van der Waals surface area (Å²) in [6, 6.07) is 7.58. The first kappa shape index (κ1) is 26.6. The maximum atomic E-state index is 12.9. The molecule has 0 spiro atoms. The van der Waals surface area contributed by atoms with Gasteiger partial charge in [-0.1, -0.05) is 41.9 Å². The van der Waals surface area contributed by atoms with Gasteiger partial charge in [-0.25, -0.2) is 10.2 Å². The summed E-state index contributed by atoms with van der Waals surface area (Å²) in [5, 5.41) is 4.24. The molecule has 1 heterocycles. The maximum Gasteiger partial charge on any atom is 0.338 e. The van der Waals surface area contributed by atoms with Crippen molar-refractivity contribution >= 4 is 91.1 Å². The number of halogens is 3. The number of thioether (sulfide) groups is 1. The van der Waals surface area contributed by atoms with Crippen molar-refractivity contribution in [1.82, 2.24) is 10.4 Å². The minimum atomic E-state index is -0.658. The SMILES string of the molecule is CCCOc1c(Br)cc(/C=C2\SC(=S)N(NC(=O)Nc3ccc(Cl)c(Cl)c3)C2=O)cc1OCC. The Morgan fingerprint density at radius 3 is 2.65 bits per heavy atom. The highest BCUT2D eigenvalue weighted by Crippen LogP contribution is 2.39. The third-order valence-corrected chi connectivity index (χ3v) is 6.89. The number of amides is 3. The van der Waals surface area contributed by atoms with Gasteiger partial charge in [0.05, 0.1) is 32.6 Å². The molecule has 180 valence electrons. The number of nitrogens with zero attached hydrogens (tertiary/aromatic N) is 1. The molecule has 0 atom stereocenters. The second-order valence-electron chi connectivity index (χ2n) is 6.82. The number of ether oxygens (including phenoxy) is 2. The highest BCUT2D eigenvalue weighted by Gasteiger charge is 2.33. The van der Waals surface area contributed by atoms with E-state index in [0.29, 0.717) is 50.4 Å². The van der Waals surface area contributed by atoms with Crippen LogP contribution in [0.3, 0.4) is 0 Å². The first-order valence-electron chi connectivity index (χ1n) is 10.1. The Balaban J connectivity index is 1.76. The number of nitrogens with one attached hydrogen (secondary N) is 2. The number of hydrogen-bond acceptors (Lipinski definition) is 6. The summed E-state index contributed by atoms with van der Waals surface area (Å²) < 4.78 is 12.4. The average molecular weight is 605 g/mol. The summed E-state index contributed by atoms with van der Waals surface area (Å²) in [6.45, 7) is 4.90. The molecule has 0 aliphatic carbocycles. The largest absolute Gasteiger partial charge is 0.490 e. The van der Waals surface area contributed by atoms with Crippen molar-refractivity contribution in [3.8, 4) is 11.5 Å². The number of carbonyl (C=O) groups excluding carboxylic acids is 2. The smallest absolute Gasteiger partial charge is 0.338 e. The number of thiocarbonyl (C=S) groups is 1. The molecule has 1 fully saturated rings. The number of hydrazine groups is 1. The summed E-state index contributed by atoms with van der Waals surface area (Å²) in [5.74, 6) is 0.708. The predicted octanol–water partition coefficient (Wildman–Crippen LogP) is 6.88. The van der Waals surface area contributed by atoms with Crippen LogP contribution in [0.15, 0.2) is 39.7 Å². The molecule has 12 heteroatoms. The molecule has 34 heavy (non-hydrogen) atoms. The summed E-state index contributed by atoms with van der Waals surface area (Å²) in [7, 11) is 0. The Morgan fingerprint density at radius 1 is 1.21 bits per heavy atom. The van der Waals surface area contributed by atoms with Crippen molar-refractivity contribution < 1.29 is 19.1 Å². The zero-order valence-corrected chi connectivity index (χ0v) is 22.8. The van der Waals surface area contributed by atoms with Crippen LogP contribution in [0.5, 0.6) is 11.5 Å². The van der Waals surface area contributed by atoms with E-state index in [9.17, 15) is 9.59 Å². The minimum absolute atomic E-state index is 0.188. The molecular formula is C22H20BrCl2N3O4S2. The van der Waals surface area contributed by atoms with Crippen LogP contribution in [0.25, 0.3) is 6.08 Å². The standard InChI is InChI=1S/C22H20BrCl2N3O4S2/c1-3-7-32-19-14(23)8-12(9-17(19)31-4-2)10-18-20(29)28(22(33)34-18)27-21(30)26-13-5-6-15(24)16(25)11-13/h5-6,8-11H,3-4,7H2,1-2H3,(H2,26,27,30)/b18-10-. The summed E-state index contributed by atoms with van der Waals surface area (Å²) >= 11 is 21.7. The Morgan fingerprint density at radius 2 is 1.97 bits per heavy atom. The zero-order chi connectivity index (χ0) is 24.8. The minimum Gasteiger partial charge on any atom is -0.490 e. The van der Waals surface area contributed by atoms with Gasteiger partial charge in [0.2, 0.25) is 0 Å². The molecule has 0 radical (unpaired) electrons. The molecule has 2 N–H and O–H groups in total. The number of carbonyl (C=O) groups is 2. The lowest BCUT2D eigenvalue weighted by Gasteiger charge is -2.16. The fourth-order valence-corrected chi connectivity index (χ4v) is 4.88. The summed E-state index contributed by atoms with van der Waals surface area (Å²) in [5.41, 5.74) is 3.57. The number of anilines is 1. The number of hydrogen-bond donors (Lipinski definition) is 2. The second-order valence-corrected chi connectivity index (χ2v) is 10.2. The molecule has 7 nitrogen and oxygen atoms in total. The average Bonchev–Trinajstić information content (AvgIpc) is 3.03. The molecule has 2 aromatic rings. The van der Waals surface area contributed by atoms with Gasteiger partial charge >= 0.3 is 6.03 Å². The molecule has 0 saturated carbocycles. The monoisotopic (exact) mass is 603 g/mol. The molecule has 1 aliphatic rings. The third-order valence-electron chi connectivity index (χ3n) is 4.26. The van der Waals surface area contributed by atoms with Gasteiger partial charge in [-0.2, -0.15) is 5.01 Å². The van der Waals surface area contributed by atoms with Crippen LogP contribution in [0, 0.1) is 0 Å². The van der Waals surface area contributed by atoms with E-state index in [4.69, 9.17) is 44.9 Å². The number of rotatable bonds is 8. The van der Waals surface area contributed by atoms with Gasteiger partial charge in [0, 0.05) is 5.69 Å². The topological polar surface area (TPSA) is 79.9 Å². The van der Waals surface area contributed by atoms with Gasteiger partial charge in [-0.15, -0.1) is 0 Å². The van der Waals surface area contributed by atoms with E-state index in [-0.39, 0.29) is 9.34 Å². The molecule has 2 aromatic carbocycles. The van der Waals surface area contributed by atoms with Crippen molar-refractivity contribution in [2.24, 2.45) is 0 Å². The number of benzene rings is 2. The van der Waals surface area contributed by atoms with Crippen molar-refractivity contribution in [2.75, 3.05) is 18.5 Å². The highest BCUT2D eigenvalue weighted by atomic mass is 79.9. The van der Waals surface area contributed by atoms with Gasteiger partial charge in [0.15, 0.2) is 15.8 Å². The third kappa shape index (κ3) is 6.57. The van der Waals surface area contributed by atoms with Crippen molar-refractivity contribution in [2.45, 2.75) is 20.3 Å². The molecule has 0 aromatic heterocycles. The highest BCUT2D eigenvalue weighted by molar-refractivity contribution is 9.10. The summed E-state index contributed by atoms with van der Waals surface area (Å²) in [6.07, 6.45) is 2.53. The first-order chi connectivity index (χ1) is 16.2. The van der Waals surface area contributed by atoms with Gasteiger partial charge in [0.25, 0.3) is 5.91 Å². The van der Waals surface area contributed by atoms with Crippen LogP contribution in [-0.2, 0) is 4.79 Å². The zero-order valence-electron chi connectivity index (χ0n) is 18.1. The molecule has 1 aliphatic heterocycles. The van der Waals surface area contributed by atoms with E-state index in [1.54, 1.807) is 24.3 Å². The van der Waals surface area contributed by atoms with E-state index in [0.717, 1.165) is 23.2 Å². The predicted molar refractivity (Wildman–Crippen MR) is 145 cm³/mol. The number of urea groups is 1. The lowest BCUT2D eigenvalue weighted by Crippen LogP contribution is -2.46. The van der Waals surface area contributed by atoms with E-state index < -0.39 is 11.9 Å². The first-order valence-corrected chi connectivity index (χ1v) is 12.9. The molecule has 3 amide bonds. The molecule has 0 unspecified atom stereocenters. The van der Waals surface area contributed by atoms with Crippen LogP contribution in [0.4, 0.5) is 10.5 Å². The molecule has 3 rings (SSSR count). The molecule has 1 saturated heterocycles. The van der Waals surface area contributed by atoms with E-state index in [1.165, 1.54) is 6.07 Å². The fourth-order valence-electron chi connectivity index (χ4n) is 2.83. The van der Waals surface area contributed by atoms with Crippen molar-refractivity contribution in [1.29, 1.82) is 0 Å². The summed E-state index contributed by atoms with van der Waals surface area (Å²) in [4.78, 5) is 25.6. The molecule has 0 bridgehead atoms. The van der Waals surface area contributed by atoms with Crippen LogP contribution in [0.1, 0.15) is 25.8 Å². The van der Waals surface area contributed by atoms with Crippen LogP contribution >= 0.6 is 63.1 Å². The van der Waals surface area contributed by atoms with Gasteiger partial charge < -0.3 is 14.8 Å². The van der Waals surface area contributed by atoms with Crippen LogP contribution in [-0.4, -0.2) is 34.5 Å². The quantitative estimate of drug-likeness (QED) is 0.252. The van der Waals surface area contributed by atoms with Crippen molar-refractivity contribution in [3.63, 3.8) is 0 Å². The van der Waals surface area contributed by atoms with Gasteiger partial charge in [-0.05, 0) is 83.5 Å². The van der Waals surface area contributed by atoms with Crippen LogP contribution < -0.4 is 20.2 Å². The van der Waals surface area contributed by atoms with E-state index >= 15 is 0 Å². The fraction of sp³-hybridized carbons (Fsp3) is 0.227. The van der Waals surface area contributed by atoms with Crippen LogP contribution in [0.2, 0.25) is 10.0 Å². The Bertz CT molecular complexity index is 1160.